The quantitative estimate of drug-likeness (QED) is 0.548. The van der Waals surface area contributed by atoms with Crippen LogP contribution in [0.3, 0.4) is 0 Å². The highest BCUT2D eigenvalue weighted by Gasteiger charge is 2.41. The van der Waals surface area contributed by atoms with E-state index in [9.17, 15) is 0 Å². The van der Waals surface area contributed by atoms with Gasteiger partial charge in [-0.2, -0.15) is 15.5 Å². The van der Waals surface area contributed by atoms with Gasteiger partial charge in [-0.15, -0.1) is 0 Å². The summed E-state index contributed by atoms with van der Waals surface area (Å²) >= 11 is 0. The second-order valence-corrected chi connectivity index (χ2v) is 6.75. The molecular formula is C18H16N8O. The molecule has 5 heterocycles. The topological polar surface area (TPSA) is 98.9 Å². The monoisotopic (exact) mass is 360 g/mol. The molecule has 0 radical (unpaired) electrons. The lowest BCUT2D eigenvalue weighted by Gasteiger charge is -2.39. The van der Waals surface area contributed by atoms with E-state index in [0.717, 1.165) is 28.3 Å². The standard InChI is InChI=1S/C18H16N8O/c1-24-9-13(7-21-24)15-6-16-20-4-5-25(16)17(23-15)14-8-22-26(10-14)18(2-3-19)11-27-12-18/h4-10H,2,11-12H2,1H3. The maximum atomic E-state index is 9.15. The van der Waals surface area contributed by atoms with Crippen molar-refractivity contribution in [2.24, 2.45) is 7.05 Å². The van der Waals surface area contributed by atoms with E-state index < -0.39 is 0 Å². The van der Waals surface area contributed by atoms with Crippen LogP contribution >= 0.6 is 0 Å². The minimum absolute atomic E-state index is 0.359. The Balaban J connectivity index is 1.63. The van der Waals surface area contributed by atoms with Crippen molar-refractivity contribution < 1.29 is 4.74 Å². The summed E-state index contributed by atoms with van der Waals surface area (Å²) in [5.74, 6) is 0.738. The summed E-state index contributed by atoms with van der Waals surface area (Å²) in [6.07, 6.45) is 11.4. The molecule has 1 aliphatic heterocycles. The zero-order valence-corrected chi connectivity index (χ0v) is 14.6. The zero-order chi connectivity index (χ0) is 18.4. The maximum Gasteiger partial charge on any atom is 0.149 e. The Kier molecular flexibility index (Phi) is 3.35. The van der Waals surface area contributed by atoms with Crippen molar-refractivity contribution in [3.63, 3.8) is 0 Å². The van der Waals surface area contributed by atoms with Gasteiger partial charge in [0, 0.05) is 43.5 Å². The summed E-state index contributed by atoms with van der Waals surface area (Å²) < 4.78 is 10.8. The highest BCUT2D eigenvalue weighted by atomic mass is 16.5. The van der Waals surface area contributed by atoms with Crippen LogP contribution in [0.5, 0.6) is 0 Å². The molecule has 5 rings (SSSR count). The molecule has 9 heteroatoms. The van der Waals surface area contributed by atoms with Gasteiger partial charge in [0.05, 0.1) is 49.4 Å². The zero-order valence-electron chi connectivity index (χ0n) is 14.6. The third kappa shape index (κ3) is 2.42. The fourth-order valence-electron chi connectivity index (χ4n) is 3.33. The Hall–Kier alpha value is -3.51. The first-order valence-electron chi connectivity index (χ1n) is 8.52. The number of nitrogens with zero attached hydrogens (tertiary/aromatic N) is 8. The fraction of sp³-hybridized carbons (Fsp3) is 0.278. The van der Waals surface area contributed by atoms with Crippen LogP contribution in [0.1, 0.15) is 6.42 Å². The molecule has 4 aromatic rings. The Morgan fingerprint density at radius 2 is 2.07 bits per heavy atom. The fourth-order valence-corrected chi connectivity index (χ4v) is 3.33. The predicted molar refractivity (Wildman–Crippen MR) is 95.4 cm³/mol. The molecular weight excluding hydrogens is 344 g/mol. The van der Waals surface area contributed by atoms with E-state index in [1.54, 1.807) is 23.3 Å². The Morgan fingerprint density at radius 3 is 2.78 bits per heavy atom. The summed E-state index contributed by atoms with van der Waals surface area (Å²) in [6.45, 7) is 0.983. The lowest BCUT2D eigenvalue weighted by atomic mass is 9.94. The molecule has 4 aromatic heterocycles. The van der Waals surface area contributed by atoms with E-state index in [0.29, 0.717) is 19.6 Å². The average molecular weight is 360 g/mol. The third-order valence-corrected chi connectivity index (χ3v) is 4.87. The summed E-state index contributed by atoms with van der Waals surface area (Å²) in [4.78, 5) is 9.25. The number of nitriles is 1. The van der Waals surface area contributed by atoms with Crippen LogP contribution < -0.4 is 0 Å². The predicted octanol–water partition coefficient (Wildman–Crippen LogP) is 1.63. The molecule has 0 saturated carbocycles. The van der Waals surface area contributed by atoms with Gasteiger partial charge in [0.15, 0.2) is 0 Å². The van der Waals surface area contributed by atoms with Crippen LogP contribution in [0.15, 0.2) is 43.2 Å². The van der Waals surface area contributed by atoms with Crippen LogP contribution in [0.25, 0.3) is 28.3 Å². The van der Waals surface area contributed by atoms with E-state index in [2.05, 4.69) is 21.3 Å². The Morgan fingerprint density at radius 1 is 1.22 bits per heavy atom. The Labute approximate surface area is 154 Å². The smallest absolute Gasteiger partial charge is 0.149 e. The molecule has 1 saturated heterocycles. The third-order valence-electron chi connectivity index (χ3n) is 4.87. The van der Waals surface area contributed by atoms with E-state index in [4.69, 9.17) is 15.0 Å². The summed E-state index contributed by atoms with van der Waals surface area (Å²) in [7, 11) is 1.87. The average Bonchev–Trinajstić information content (AvgIpc) is 3.37. The van der Waals surface area contributed by atoms with Gasteiger partial charge in [-0.1, -0.05) is 0 Å². The number of fused-ring (bicyclic) bond motifs is 1. The molecule has 27 heavy (non-hydrogen) atoms. The largest absolute Gasteiger partial charge is 0.376 e. The molecule has 9 nitrogen and oxygen atoms in total. The number of ether oxygens (including phenoxy) is 1. The number of hydrogen-bond donors (Lipinski definition) is 0. The maximum absolute atomic E-state index is 9.15. The molecule has 134 valence electrons. The van der Waals surface area contributed by atoms with Crippen LogP contribution in [-0.2, 0) is 17.3 Å². The van der Waals surface area contributed by atoms with Crippen molar-refractivity contribution in [3.8, 4) is 28.7 Å². The van der Waals surface area contributed by atoms with Crippen molar-refractivity contribution in [3.05, 3.63) is 43.2 Å². The molecule has 0 atom stereocenters. The molecule has 0 unspecified atom stereocenters. The number of imidazole rings is 1. The first-order valence-corrected chi connectivity index (χ1v) is 8.52. The van der Waals surface area contributed by atoms with Crippen LogP contribution in [0.2, 0.25) is 0 Å². The van der Waals surface area contributed by atoms with Crippen LogP contribution in [-0.4, -0.2) is 47.1 Å². The minimum atomic E-state index is -0.387. The van der Waals surface area contributed by atoms with E-state index in [1.165, 1.54) is 0 Å². The lowest BCUT2D eigenvalue weighted by molar-refractivity contribution is -0.104. The first kappa shape index (κ1) is 15.7. The SMILES string of the molecule is Cn1cc(-c2cc3nccn3c(-c3cnn(C4(CC#N)COC4)c3)n2)cn1. The number of rotatable bonds is 4. The molecule has 0 bridgehead atoms. The van der Waals surface area contributed by atoms with Gasteiger partial charge in [-0.3, -0.25) is 13.8 Å². The van der Waals surface area contributed by atoms with Gasteiger partial charge in [-0.05, 0) is 0 Å². The second-order valence-electron chi connectivity index (χ2n) is 6.75. The molecule has 0 aromatic carbocycles. The van der Waals surface area contributed by atoms with E-state index in [-0.39, 0.29) is 5.54 Å². The molecule has 1 aliphatic rings. The number of aryl methyl sites for hydroxylation is 1. The minimum Gasteiger partial charge on any atom is -0.376 e. The van der Waals surface area contributed by atoms with Crippen molar-refractivity contribution >= 4 is 5.65 Å². The number of hydrogen-bond acceptors (Lipinski definition) is 6. The van der Waals surface area contributed by atoms with Crippen molar-refractivity contribution in [1.29, 1.82) is 5.26 Å². The van der Waals surface area contributed by atoms with Crippen LogP contribution in [0, 0.1) is 11.3 Å². The number of aromatic nitrogens is 7. The summed E-state index contributed by atoms with van der Waals surface area (Å²) in [6, 6.07) is 4.17. The highest BCUT2D eigenvalue weighted by Crippen LogP contribution is 2.31. The van der Waals surface area contributed by atoms with Crippen molar-refractivity contribution in [2.45, 2.75) is 12.0 Å². The molecule has 0 aliphatic carbocycles. The van der Waals surface area contributed by atoms with Gasteiger partial charge in [-0.25, -0.2) is 9.97 Å². The molecule has 0 N–H and O–H groups in total. The lowest BCUT2D eigenvalue weighted by Crippen LogP contribution is -2.51. The molecule has 1 fully saturated rings. The molecule has 0 amide bonds. The Bertz CT molecular complexity index is 1170. The van der Waals surface area contributed by atoms with Crippen molar-refractivity contribution in [2.75, 3.05) is 13.2 Å². The normalized spacial score (nSPS) is 15.6. The van der Waals surface area contributed by atoms with E-state index >= 15 is 0 Å². The molecule has 0 spiro atoms. The van der Waals surface area contributed by atoms with E-state index in [1.807, 2.05) is 40.8 Å². The van der Waals surface area contributed by atoms with Crippen LogP contribution in [0.4, 0.5) is 0 Å². The van der Waals surface area contributed by atoms with Gasteiger partial charge in [0.1, 0.15) is 17.0 Å². The van der Waals surface area contributed by atoms with Gasteiger partial charge in [0.2, 0.25) is 0 Å². The highest BCUT2D eigenvalue weighted by molar-refractivity contribution is 5.68. The van der Waals surface area contributed by atoms with Crippen molar-refractivity contribution in [1.82, 2.24) is 33.9 Å². The van der Waals surface area contributed by atoms with Gasteiger partial charge < -0.3 is 4.74 Å². The first-order chi connectivity index (χ1) is 13.2. The van der Waals surface area contributed by atoms with Gasteiger partial charge >= 0.3 is 0 Å². The summed E-state index contributed by atoms with van der Waals surface area (Å²) in [5, 5.41) is 17.9. The summed E-state index contributed by atoms with van der Waals surface area (Å²) in [5.41, 5.74) is 2.98. The van der Waals surface area contributed by atoms with Gasteiger partial charge in [0.25, 0.3) is 0 Å². The second kappa shape index (κ2) is 5.75.